The number of ether oxygens (including phenoxy) is 1. The second-order valence-corrected chi connectivity index (χ2v) is 9.33. The third-order valence-corrected chi connectivity index (χ3v) is 7.05. The number of nitrogens with zero attached hydrogens (tertiary/aromatic N) is 5. The van der Waals surface area contributed by atoms with Gasteiger partial charge in [0.05, 0.1) is 47.9 Å². The van der Waals surface area contributed by atoms with Gasteiger partial charge in [-0.05, 0) is 47.0 Å². The Balaban J connectivity index is 1.58. The minimum absolute atomic E-state index is 0.140. The monoisotopic (exact) mass is 461 g/mol. The van der Waals surface area contributed by atoms with E-state index in [9.17, 15) is 9.18 Å². The second kappa shape index (κ2) is 8.57. The molecule has 9 heteroatoms. The van der Waals surface area contributed by atoms with Crippen LogP contribution in [-0.2, 0) is 22.6 Å². The molecule has 3 heterocycles. The first-order valence-electron chi connectivity index (χ1n) is 10.8. The molecule has 0 spiro atoms. The van der Waals surface area contributed by atoms with E-state index in [4.69, 9.17) is 16.3 Å². The zero-order chi connectivity index (χ0) is 23.3. The summed E-state index contributed by atoms with van der Waals surface area (Å²) in [5.74, 6) is -0.967. The summed E-state index contributed by atoms with van der Waals surface area (Å²) in [5, 5.41) is 5.24. The summed E-state index contributed by atoms with van der Waals surface area (Å²) in [7, 11) is 3.92. The molecule has 2 aromatic rings. The Morgan fingerprint density at radius 3 is 2.75 bits per heavy atom. The van der Waals surface area contributed by atoms with Crippen molar-refractivity contribution in [3.05, 3.63) is 51.2 Å². The Morgan fingerprint density at radius 1 is 1.34 bits per heavy atom. The highest BCUT2D eigenvalue weighted by atomic mass is 35.5. The van der Waals surface area contributed by atoms with Crippen molar-refractivity contribution in [2.24, 2.45) is 5.92 Å². The summed E-state index contributed by atoms with van der Waals surface area (Å²) in [6.45, 7) is 8.70. The van der Waals surface area contributed by atoms with E-state index >= 15 is 0 Å². The van der Waals surface area contributed by atoms with Gasteiger partial charge in [0.2, 0.25) is 0 Å². The molecule has 3 unspecified atom stereocenters. The van der Waals surface area contributed by atoms with E-state index < -0.39 is 12.0 Å². The van der Waals surface area contributed by atoms with Crippen molar-refractivity contribution in [3.8, 4) is 0 Å². The third kappa shape index (κ3) is 3.84. The molecule has 0 fully saturated rings. The number of hydrogen-bond acceptors (Lipinski definition) is 5. The van der Waals surface area contributed by atoms with Crippen molar-refractivity contribution in [3.63, 3.8) is 0 Å². The molecule has 7 nitrogen and oxygen atoms in total. The van der Waals surface area contributed by atoms with Gasteiger partial charge in [0.25, 0.3) is 5.91 Å². The van der Waals surface area contributed by atoms with Crippen LogP contribution in [0.5, 0.6) is 0 Å². The maximum absolute atomic E-state index is 14.3. The number of amides is 1. The van der Waals surface area contributed by atoms with Crippen molar-refractivity contribution < 1.29 is 13.9 Å². The van der Waals surface area contributed by atoms with Gasteiger partial charge in [0, 0.05) is 23.1 Å². The molecule has 2 aromatic heterocycles. The van der Waals surface area contributed by atoms with Crippen LogP contribution >= 0.6 is 11.6 Å². The number of fused-ring (bicyclic) bond motifs is 3. The molecular weight excluding hydrogens is 433 g/mol. The molecule has 172 valence electrons. The molecule has 3 atom stereocenters. The van der Waals surface area contributed by atoms with Gasteiger partial charge >= 0.3 is 0 Å². The first-order valence-corrected chi connectivity index (χ1v) is 11.2. The lowest BCUT2D eigenvalue weighted by atomic mass is 9.90. The molecule has 32 heavy (non-hydrogen) atoms. The first kappa shape index (κ1) is 22.9. The molecule has 0 radical (unpaired) electrons. The van der Waals surface area contributed by atoms with Crippen LogP contribution in [0.15, 0.2) is 23.6 Å². The topological polar surface area (TPSA) is 63.0 Å². The van der Waals surface area contributed by atoms with E-state index in [0.717, 1.165) is 28.3 Å². The van der Waals surface area contributed by atoms with Gasteiger partial charge < -0.3 is 14.5 Å². The predicted octanol–water partition coefficient (Wildman–Crippen LogP) is 3.61. The van der Waals surface area contributed by atoms with Crippen LogP contribution in [0.3, 0.4) is 0 Å². The van der Waals surface area contributed by atoms with Crippen LogP contribution in [-0.4, -0.2) is 63.2 Å². The number of carbonyl (C=O) groups excluding carboxylic acids is 1. The Labute approximate surface area is 192 Å². The minimum atomic E-state index is -0.634. The number of halogens is 2. The van der Waals surface area contributed by atoms with E-state index in [1.54, 1.807) is 22.4 Å². The van der Waals surface area contributed by atoms with Crippen molar-refractivity contribution in [2.75, 3.05) is 20.7 Å². The Morgan fingerprint density at radius 2 is 2.06 bits per heavy atom. The van der Waals surface area contributed by atoms with Gasteiger partial charge in [-0.2, -0.15) is 5.10 Å². The molecule has 0 bridgehead atoms. The minimum Gasteiger partial charge on any atom is -0.371 e. The van der Waals surface area contributed by atoms with Gasteiger partial charge in [-0.1, -0.05) is 18.5 Å². The Bertz CT molecular complexity index is 1140. The zero-order valence-electron chi connectivity index (χ0n) is 19.3. The number of aryl methyl sites for hydroxylation is 2. The van der Waals surface area contributed by atoms with E-state index in [-0.39, 0.29) is 17.8 Å². The lowest BCUT2D eigenvalue weighted by molar-refractivity contribution is -0.130. The van der Waals surface area contributed by atoms with E-state index in [2.05, 4.69) is 10.1 Å². The van der Waals surface area contributed by atoms with E-state index in [1.807, 2.05) is 39.8 Å². The zero-order valence-corrected chi connectivity index (χ0v) is 20.1. The quantitative estimate of drug-likeness (QED) is 0.680. The molecule has 2 aliphatic rings. The number of rotatable bonds is 5. The molecule has 0 saturated carbocycles. The van der Waals surface area contributed by atoms with E-state index in [1.165, 1.54) is 6.08 Å². The lowest BCUT2D eigenvalue weighted by Crippen LogP contribution is -2.40. The fraction of sp³-hybridized carbons (Fsp3) is 0.522. The van der Waals surface area contributed by atoms with Crippen molar-refractivity contribution in [2.45, 2.75) is 52.9 Å². The fourth-order valence-corrected chi connectivity index (χ4v) is 4.21. The molecule has 1 aliphatic carbocycles. The van der Waals surface area contributed by atoms with Crippen LogP contribution in [0.2, 0.25) is 5.02 Å². The van der Waals surface area contributed by atoms with Crippen LogP contribution in [0.4, 0.5) is 4.39 Å². The predicted molar refractivity (Wildman–Crippen MR) is 121 cm³/mol. The number of carbonyl (C=O) groups is 1. The van der Waals surface area contributed by atoms with Crippen LogP contribution in [0, 0.1) is 19.8 Å². The maximum atomic E-state index is 14.3. The molecule has 1 aliphatic heterocycles. The van der Waals surface area contributed by atoms with Crippen LogP contribution in [0.1, 0.15) is 36.5 Å². The summed E-state index contributed by atoms with van der Waals surface area (Å²) < 4.78 is 22.2. The number of aromatic nitrogens is 3. The molecule has 0 N–H and O–H groups in total. The largest absolute Gasteiger partial charge is 0.371 e. The number of hydrogen-bond donors (Lipinski definition) is 0. The first-order chi connectivity index (χ1) is 15.1. The number of allylic oxidation sites excluding steroid dienone is 2. The lowest BCUT2D eigenvalue weighted by Gasteiger charge is -2.32. The van der Waals surface area contributed by atoms with Gasteiger partial charge in [0.15, 0.2) is 5.65 Å². The molecule has 0 saturated heterocycles. The highest BCUT2D eigenvalue weighted by Crippen LogP contribution is 2.34. The summed E-state index contributed by atoms with van der Waals surface area (Å²) in [6.07, 6.45) is 2.29. The van der Waals surface area contributed by atoms with Crippen molar-refractivity contribution >= 4 is 23.2 Å². The maximum Gasteiger partial charge on any atom is 0.253 e. The summed E-state index contributed by atoms with van der Waals surface area (Å²) in [5.41, 5.74) is 4.48. The normalized spacial score (nSPS) is 21.7. The standard InChI is InChI=1S/C23H29ClFN5O2/c1-12(28(5)6)11-32-21-13(2)18(25)8-7-16(21)23(31)29-9-17-19(10-29)27-30-15(4)20(24)14(3)26-22(17)30/h7-8,12-13,21H,9-11H2,1-6H3. The average molecular weight is 462 g/mol. The summed E-state index contributed by atoms with van der Waals surface area (Å²) in [4.78, 5) is 21.8. The SMILES string of the molecule is Cc1nc2c3c(nn2c(C)c1Cl)CN(C(=O)C1=CC=C(F)C(C)C1OCC(C)N(C)C)C3. The molecule has 4 rings (SSSR count). The summed E-state index contributed by atoms with van der Waals surface area (Å²) in [6, 6.07) is 0.140. The smallest absolute Gasteiger partial charge is 0.253 e. The fourth-order valence-electron chi connectivity index (χ4n) is 4.09. The second-order valence-electron chi connectivity index (χ2n) is 8.95. The summed E-state index contributed by atoms with van der Waals surface area (Å²) >= 11 is 6.32. The average Bonchev–Trinajstić information content (AvgIpc) is 3.31. The molecule has 1 amide bonds. The van der Waals surface area contributed by atoms with Gasteiger partial charge in [-0.3, -0.25) is 4.79 Å². The van der Waals surface area contributed by atoms with Gasteiger partial charge in [-0.15, -0.1) is 0 Å². The van der Waals surface area contributed by atoms with E-state index in [0.29, 0.717) is 30.3 Å². The highest BCUT2D eigenvalue weighted by molar-refractivity contribution is 6.31. The number of likely N-dealkylation sites (N-methyl/N-ethyl adjacent to an activating group) is 1. The Hall–Kier alpha value is -2.29. The Kier molecular flexibility index (Phi) is 6.13. The third-order valence-electron chi connectivity index (χ3n) is 6.51. The van der Waals surface area contributed by atoms with Gasteiger partial charge in [-0.25, -0.2) is 13.9 Å². The molecule has 0 aromatic carbocycles. The van der Waals surface area contributed by atoms with Crippen LogP contribution < -0.4 is 0 Å². The van der Waals surface area contributed by atoms with Gasteiger partial charge in [0.1, 0.15) is 5.83 Å². The van der Waals surface area contributed by atoms with Crippen molar-refractivity contribution in [1.82, 2.24) is 24.4 Å². The highest BCUT2D eigenvalue weighted by Gasteiger charge is 2.37. The van der Waals surface area contributed by atoms with Crippen LogP contribution in [0.25, 0.3) is 5.65 Å². The molecular formula is C23H29ClFN5O2. The van der Waals surface area contributed by atoms with Crippen molar-refractivity contribution in [1.29, 1.82) is 0 Å².